The minimum atomic E-state index is 0.0106. The van der Waals surface area contributed by atoms with Gasteiger partial charge in [0, 0.05) is 12.2 Å². The van der Waals surface area contributed by atoms with E-state index in [1.54, 1.807) is 22.8 Å². The van der Waals surface area contributed by atoms with Crippen LogP contribution in [0.15, 0.2) is 53.3 Å². The first-order chi connectivity index (χ1) is 10.7. The Morgan fingerprint density at radius 2 is 1.95 bits per heavy atom. The molecule has 4 nitrogen and oxygen atoms in total. The fraction of sp³-hybridized carbons (Fsp3) is 0.111. The molecule has 0 amide bonds. The number of hydrogen-bond donors (Lipinski definition) is 1. The molecule has 0 radical (unpaired) electrons. The quantitative estimate of drug-likeness (QED) is 0.701. The Balaban J connectivity index is 1.93. The van der Waals surface area contributed by atoms with Gasteiger partial charge in [0.15, 0.2) is 0 Å². The lowest BCUT2D eigenvalue weighted by Crippen LogP contribution is -2.20. The van der Waals surface area contributed by atoms with Gasteiger partial charge in [-0.25, -0.2) is 4.98 Å². The molecule has 0 fully saturated rings. The zero-order chi connectivity index (χ0) is 15.1. The van der Waals surface area contributed by atoms with Gasteiger partial charge in [-0.1, -0.05) is 30.3 Å². The summed E-state index contributed by atoms with van der Waals surface area (Å²) in [6, 6.07) is 15.4. The van der Waals surface area contributed by atoms with E-state index in [0.29, 0.717) is 23.1 Å². The predicted octanol–water partition coefficient (Wildman–Crippen LogP) is 2.92. The van der Waals surface area contributed by atoms with Crippen molar-refractivity contribution in [1.29, 1.82) is 0 Å². The first-order valence-corrected chi connectivity index (χ1v) is 7.28. The molecule has 4 heteroatoms. The summed E-state index contributed by atoms with van der Waals surface area (Å²) in [4.78, 5) is 17.3. The molecular weight excluding hydrogens is 274 g/mol. The van der Waals surface area contributed by atoms with Crippen LogP contribution in [0.5, 0.6) is 0 Å². The number of allylic oxidation sites excluding steroid dienone is 1. The van der Waals surface area contributed by atoms with Gasteiger partial charge in [0.05, 0.1) is 10.9 Å². The fourth-order valence-electron chi connectivity index (χ4n) is 2.92. The number of nitrogens with zero attached hydrogens (tertiary/aromatic N) is 2. The maximum absolute atomic E-state index is 12.6. The normalized spacial score (nSPS) is 15.4. The minimum Gasteiger partial charge on any atom is -0.399 e. The Morgan fingerprint density at radius 1 is 1.14 bits per heavy atom. The Hall–Kier alpha value is -2.88. The average Bonchev–Trinajstić information content (AvgIpc) is 2.91. The van der Waals surface area contributed by atoms with Crippen molar-refractivity contribution in [2.75, 3.05) is 5.73 Å². The molecule has 0 saturated carbocycles. The van der Waals surface area contributed by atoms with Gasteiger partial charge in [0.1, 0.15) is 5.82 Å². The number of nitrogens with two attached hydrogens (primary N) is 1. The highest BCUT2D eigenvalue weighted by atomic mass is 16.1. The van der Waals surface area contributed by atoms with Crippen molar-refractivity contribution in [2.24, 2.45) is 0 Å². The Bertz CT molecular complexity index is 955. The third-order valence-electron chi connectivity index (χ3n) is 4.01. The van der Waals surface area contributed by atoms with E-state index in [-0.39, 0.29) is 5.56 Å². The Morgan fingerprint density at radius 3 is 2.77 bits per heavy atom. The van der Waals surface area contributed by atoms with Crippen molar-refractivity contribution in [3.05, 3.63) is 70.3 Å². The molecule has 1 aromatic heterocycles. The highest BCUT2D eigenvalue weighted by Gasteiger charge is 2.20. The second kappa shape index (κ2) is 4.84. The second-order valence-electron chi connectivity index (χ2n) is 5.50. The van der Waals surface area contributed by atoms with Crippen LogP contribution in [0.2, 0.25) is 0 Å². The monoisotopic (exact) mass is 289 g/mol. The number of fused-ring (bicyclic) bond motifs is 2. The van der Waals surface area contributed by atoms with E-state index in [1.807, 2.05) is 30.3 Å². The van der Waals surface area contributed by atoms with Gasteiger partial charge < -0.3 is 5.73 Å². The summed E-state index contributed by atoms with van der Waals surface area (Å²) in [5.74, 6) is 0.756. The maximum atomic E-state index is 12.6. The molecule has 3 aromatic rings. The molecule has 0 atom stereocenters. The molecule has 0 bridgehead atoms. The van der Waals surface area contributed by atoms with E-state index in [0.717, 1.165) is 23.4 Å². The summed E-state index contributed by atoms with van der Waals surface area (Å²) in [6.45, 7) is 0.681. The zero-order valence-electron chi connectivity index (χ0n) is 12.0. The maximum Gasteiger partial charge on any atom is 0.261 e. The lowest BCUT2D eigenvalue weighted by Gasteiger charge is -2.06. The van der Waals surface area contributed by atoms with E-state index in [1.165, 1.54) is 0 Å². The van der Waals surface area contributed by atoms with Crippen LogP contribution in [-0.4, -0.2) is 9.55 Å². The van der Waals surface area contributed by atoms with Gasteiger partial charge >= 0.3 is 0 Å². The molecule has 108 valence electrons. The van der Waals surface area contributed by atoms with Gasteiger partial charge in [-0.3, -0.25) is 9.36 Å². The van der Waals surface area contributed by atoms with Crippen LogP contribution in [0.4, 0.5) is 5.69 Å². The molecule has 2 heterocycles. The third kappa shape index (κ3) is 2.00. The molecule has 0 saturated heterocycles. The highest BCUT2D eigenvalue weighted by Crippen LogP contribution is 2.27. The van der Waals surface area contributed by atoms with Crippen molar-refractivity contribution in [2.45, 2.75) is 13.0 Å². The molecule has 4 rings (SSSR count). The lowest BCUT2D eigenvalue weighted by molar-refractivity contribution is 0.725. The molecule has 22 heavy (non-hydrogen) atoms. The van der Waals surface area contributed by atoms with Gasteiger partial charge in [-0.2, -0.15) is 0 Å². The number of hydrogen-bond acceptors (Lipinski definition) is 3. The average molecular weight is 289 g/mol. The number of nitrogen functional groups attached to an aromatic ring is 1. The largest absolute Gasteiger partial charge is 0.399 e. The summed E-state index contributed by atoms with van der Waals surface area (Å²) in [6.07, 6.45) is 2.92. The summed E-state index contributed by atoms with van der Waals surface area (Å²) in [7, 11) is 0. The highest BCUT2D eigenvalue weighted by molar-refractivity contribution is 5.86. The first kappa shape index (κ1) is 12.8. The summed E-state index contributed by atoms with van der Waals surface area (Å²) in [5.41, 5.74) is 9.32. The van der Waals surface area contributed by atoms with Crippen molar-refractivity contribution in [1.82, 2.24) is 9.55 Å². The standard InChI is InChI=1S/C18H15N3O/c19-14-6-7-15-16(11-14)20-17-13(8-9-21(17)18(15)22)10-12-4-2-1-3-5-12/h1-7,10-11H,8-9,19H2/b13-10+. The number of anilines is 1. The molecule has 0 unspecified atom stereocenters. The SMILES string of the molecule is Nc1ccc2c(=O)n3c(nc2c1)/C(=C/c1ccccc1)CC3. The summed E-state index contributed by atoms with van der Waals surface area (Å²) < 4.78 is 1.76. The Labute approximate surface area is 127 Å². The van der Waals surface area contributed by atoms with Crippen LogP contribution < -0.4 is 11.3 Å². The van der Waals surface area contributed by atoms with E-state index < -0.39 is 0 Å². The van der Waals surface area contributed by atoms with E-state index in [2.05, 4.69) is 11.1 Å². The van der Waals surface area contributed by atoms with Crippen LogP contribution in [0.25, 0.3) is 22.6 Å². The number of rotatable bonds is 1. The number of aromatic nitrogens is 2. The molecular formula is C18H15N3O. The van der Waals surface area contributed by atoms with Crippen LogP contribution in [0, 0.1) is 0 Å². The predicted molar refractivity (Wildman–Crippen MR) is 89.3 cm³/mol. The molecule has 0 spiro atoms. The van der Waals surface area contributed by atoms with Crippen molar-refractivity contribution < 1.29 is 0 Å². The van der Waals surface area contributed by atoms with Gasteiger partial charge in [-0.05, 0) is 41.8 Å². The second-order valence-corrected chi connectivity index (χ2v) is 5.50. The topological polar surface area (TPSA) is 60.9 Å². The number of benzene rings is 2. The molecule has 1 aliphatic rings. The van der Waals surface area contributed by atoms with Crippen molar-refractivity contribution in [3.8, 4) is 0 Å². The van der Waals surface area contributed by atoms with Crippen molar-refractivity contribution in [3.63, 3.8) is 0 Å². The first-order valence-electron chi connectivity index (χ1n) is 7.28. The smallest absolute Gasteiger partial charge is 0.261 e. The molecule has 2 aromatic carbocycles. The minimum absolute atomic E-state index is 0.0106. The van der Waals surface area contributed by atoms with E-state index in [4.69, 9.17) is 5.73 Å². The third-order valence-corrected chi connectivity index (χ3v) is 4.01. The van der Waals surface area contributed by atoms with Crippen molar-refractivity contribution >= 4 is 28.2 Å². The Kier molecular flexibility index (Phi) is 2.82. The van der Waals surface area contributed by atoms with Crippen LogP contribution in [0.3, 0.4) is 0 Å². The molecule has 2 N–H and O–H groups in total. The van der Waals surface area contributed by atoms with E-state index in [9.17, 15) is 4.79 Å². The van der Waals surface area contributed by atoms with Gasteiger partial charge in [0.25, 0.3) is 5.56 Å². The molecule has 1 aliphatic heterocycles. The summed E-state index contributed by atoms with van der Waals surface area (Å²) >= 11 is 0. The zero-order valence-corrected chi connectivity index (χ0v) is 12.0. The summed E-state index contributed by atoms with van der Waals surface area (Å²) in [5, 5.41) is 0.624. The van der Waals surface area contributed by atoms with Gasteiger partial charge in [0.2, 0.25) is 0 Å². The van der Waals surface area contributed by atoms with Crippen LogP contribution >= 0.6 is 0 Å². The van der Waals surface area contributed by atoms with Crippen LogP contribution in [0.1, 0.15) is 17.8 Å². The lowest BCUT2D eigenvalue weighted by atomic mass is 10.1. The molecule has 0 aliphatic carbocycles. The fourth-order valence-corrected chi connectivity index (χ4v) is 2.92. The van der Waals surface area contributed by atoms with Crippen LogP contribution in [-0.2, 0) is 6.54 Å². The van der Waals surface area contributed by atoms with Gasteiger partial charge in [-0.15, -0.1) is 0 Å². The van der Waals surface area contributed by atoms with E-state index >= 15 is 0 Å².